The van der Waals surface area contributed by atoms with Gasteiger partial charge in [-0.1, -0.05) is 44.5 Å². The van der Waals surface area contributed by atoms with E-state index in [1.165, 1.54) is 12.1 Å². The van der Waals surface area contributed by atoms with Crippen LogP contribution in [-0.2, 0) is 20.2 Å². The van der Waals surface area contributed by atoms with Crippen molar-refractivity contribution >= 4 is 39.4 Å². The van der Waals surface area contributed by atoms with Crippen LogP contribution in [0.4, 0.5) is 10.6 Å². The van der Waals surface area contributed by atoms with Crippen molar-refractivity contribution < 1.29 is 22.7 Å². The minimum Gasteiger partial charge on any atom is -0.444 e. The summed E-state index contributed by atoms with van der Waals surface area (Å²) in [5, 5.41) is 2.92. The van der Waals surface area contributed by atoms with Gasteiger partial charge in [-0.3, -0.25) is 9.78 Å². The van der Waals surface area contributed by atoms with Gasteiger partial charge in [-0.15, -0.1) is 0 Å². The second-order valence-corrected chi connectivity index (χ2v) is 16.6. The molecule has 13 heteroatoms. The summed E-state index contributed by atoms with van der Waals surface area (Å²) in [7, 11) is -4.35. The molecule has 2 atom stereocenters. The summed E-state index contributed by atoms with van der Waals surface area (Å²) < 4.78 is 34.2. The molecule has 3 aromatic heterocycles. The molecule has 2 N–H and O–H groups in total. The predicted octanol–water partition coefficient (Wildman–Crippen LogP) is 6.91. The number of halogens is 1. The Bertz CT molecular complexity index is 1700. The number of likely N-dealkylation sites (tertiary alicyclic amines) is 1. The van der Waals surface area contributed by atoms with Gasteiger partial charge in [0.15, 0.2) is 5.03 Å². The number of ether oxygens (including phenoxy) is 1. The van der Waals surface area contributed by atoms with Crippen LogP contribution in [0.2, 0.25) is 5.15 Å². The van der Waals surface area contributed by atoms with E-state index in [0.717, 1.165) is 18.5 Å². The number of amides is 2. The minimum absolute atomic E-state index is 0.0620. The summed E-state index contributed by atoms with van der Waals surface area (Å²) >= 11 is 6.26. The number of rotatable bonds is 9. The number of nitrogens with one attached hydrogen (secondary N) is 2. The SMILES string of the molecule is CC(C)(C)OC(=O)N1C[C@@H](CCC(Nc2cccc(S(=O)(=O)NC(=O)c3ccc(C(C)(C)C)nc3Cl)n2)c2ccccn2)CC1(C)C. The van der Waals surface area contributed by atoms with Crippen molar-refractivity contribution in [2.45, 2.75) is 102 Å². The Morgan fingerprint density at radius 2 is 1.77 bits per heavy atom. The summed E-state index contributed by atoms with van der Waals surface area (Å²) in [6.07, 6.45) is 3.61. The molecule has 4 rings (SSSR count). The van der Waals surface area contributed by atoms with E-state index in [1.54, 1.807) is 29.3 Å². The molecule has 4 heterocycles. The highest BCUT2D eigenvalue weighted by Gasteiger charge is 2.43. The Hall–Kier alpha value is -3.77. The third kappa shape index (κ3) is 9.41. The summed E-state index contributed by atoms with van der Waals surface area (Å²) in [5.41, 5.74) is 0.125. The van der Waals surface area contributed by atoms with Crippen molar-refractivity contribution in [3.05, 3.63) is 76.8 Å². The van der Waals surface area contributed by atoms with E-state index in [2.05, 4.69) is 25.0 Å². The maximum Gasteiger partial charge on any atom is 0.410 e. The highest BCUT2D eigenvalue weighted by Crippen LogP contribution is 2.37. The first-order valence-corrected chi connectivity index (χ1v) is 17.5. The molecular weight excluding hydrogens is 640 g/mol. The molecule has 47 heavy (non-hydrogen) atoms. The predicted molar refractivity (Wildman–Crippen MR) is 182 cm³/mol. The lowest BCUT2D eigenvalue weighted by atomic mass is 9.91. The lowest BCUT2D eigenvalue weighted by molar-refractivity contribution is 0.0130. The van der Waals surface area contributed by atoms with E-state index in [-0.39, 0.29) is 44.7 Å². The normalized spacial score (nSPS) is 17.2. The molecular formula is C34H45ClN6O5S. The number of hydrogen-bond donors (Lipinski definition) is 2. The molecule has 254 valence electrons. The van der Waals surface area contributed by atoms with E-state index < -0.39 is 21.5 Å². The molecule has 1 aliphatic rings. The average molecular weight is 685 g/mol. The number of nitrogens with zero attached hydrogens (tertiary/aromatic N) is 4. The second-order valence-electron chi connectivity index (χ2n) is 14.6. The molecule has 0 spiro atoms. The molecule has 3 aromatic rings. The molecule has 0 aromatic carbocycles. The van der Waals surface area contributed by atoms with Crippen LogP contribution in [-0.4, -0.2) is 58.0 Å². The highest BCUT2D eigenvalue weighted by atomic mass is 35.5. The zero-order valence-electron chi connectivity index (χ0n) is 28.3. The Labute approximate surface area is 282 Å². The van der Waals surface area contributed by atoms with Crippen molar-refractivity contribution in [1.82, 2.24) is 24.6 Å². The zero-order valence-corrected chi connectivity index (χ0v) is 29.9. The molecule has 1 aliphatic heterocycles. The van der Waals surface area contributed by atoms with Crippen LogP contribution < -0.4 is 10.0 Å². The zero-order chi connectivity index (χ0) is 34.8. The molecule has 2 amide bonds. The number of aromatic nitrogens is 3. The lowest BCUT2D eigenvalue weighted by Crippen LogP contribution is -2.45. The maximum atomic E-state index is 13.3. The quantitative estimate of drug-likeness (QED) is 0.230. The Balaban J connectivity index is 1.48. The molecule has 0 saturated carbocycles. The highest BCUT2D eigenvalue weighted by molar-refractivity contribution is 7.90. The second kappa shape index (κ2) is 13.8. The molecule has 1 fully saturated rings. The fourth-order valence-corrected chi connectivity index (χ4v) is 6.75. The standard InChI is InChI=1S/C34H45ClN6O5S/c1-32(2,3)26-18-16-23(29(35)38-26)30(42)40-47(44,45)28-14-11-13-27(39-28)37-25(24-12-9-10-19-36-24)17-15-22-20-34(7,8)41(21-22)31(43)46-33(4,5)6/h9-14,16,18-19,22,25H,15,17,20-21H2,1-8H3,(H,37,39)(H,40,42)/t22-,25?/m0/s1. The van der Waals surface area contributed by atoms with Crippen LogP contribution in [0.3, 0.4) is 0 Å². The molecule has 0 radical (unpaired) electrons. The van der Waals surface area contributed by atoms with Crippen molar-refractivity contribution in [3.63, 3.8) is 0 Å². The van der Waals surface area contributed by atoms with Crippen LogP contribution in [0.5, 0.6) is 0 Å². The van der Waals surface area contributed by atoms with Gasteiger partial charge in [0.25, 0.3) is 15.9 Å². The Morgan fingerprint density at radius 1 is 1.04 bits per heavy atom. The molecule has 1 unspecified atom stereocenters. The minimum atomic E-state index is -4.35. The average Bonchev–Trinajstić information content (AvgIpc) is 3.28. The topological polar surface area (TPSA) is 143 Å². The maximum absolute atomic E-state index is 13.3. The summed E-state index contributed by atoms with van der Waals surface area (Å²) in [5.74, 6) is -0.388. The number of hydrogen-bond acceptors (Lipinski definition) is 9. The van der Waals surface area contributed by atoms with Gasteiger partial charge in [0.1, 0.15) is 16.6 Å². The van der Waals surface area contributed by atoms with Gasteiger partial charge in [-0.2, -0.15) is 8.42 Å². The van der Waals surface area contributed by atoms with Gasteiger partial charge in [-0.05, 0) is 96.2 Å². The summed E-state index contributed by atoms with van der Waals surface area (Å²) in [6, 6.07) is 12.9. The van der Waals surface area contributed by atoms with Crippen LogP contribution in [0, 0.1) is 5.92 Å². The summed E-state index contributed by atoms with van der Waals surface area (Å²) in [6.45, 7) is 16.1. The van der Waals surface area contributed by atoms with Gasteiger partial charge in [0, 0.05) is 29.4 Å². The number of anilines is 1. The van der Waals surface area contributed by atoms with Crippen LogP contribution in [0.25, 0.3) is 0 Å². The molecule has 0 bridgehead atoms. The van der Waals surface area contributed by atoms with Crippen molar-refractivity contribution in [2.75, 3.05) is 11.9 Å². The third-order valence-electron chi connectivity index (χ3n) is 7.89. The number of pyridine rings is 3. The largest absolute Gasteiger partial charge is 0.444 e. The molecule has 11 nitrogen and oxygen atoms in total. The van der Waals surface area contributed by atoms with Crippen molar-refractivity contribution in [2.24, 2.45) is 5.92 Å². The fourth-order valence-electron chi connectivity index (χ4n) is 5.57. The van der Waals surface area contributed by atoms with Crippen LogP contribution >= 0.6 is 11.6 Å². The van der Waals surface area contributed by atoms with Gasteiger partial charge in [-0.25, -0.2) is 19.5 Å². The van der Waals surface area contributed by atoms with Crippen LogP contribution in [0.1, 0.15) is 102 Å². The number of carbonyl (C=O) groups excluding carboxylic acids is 2. The van der Waals surface area contributed by atoms with E-state index in [0.29, 0.717) is 24.5 Å². The first-order chi connectivity index (χ1) is 21.7. The summed E-state index contributed by atoms with van der Waals surface area (Å²) in [4.78, 5) is 40.8. The lowest BCUT2D eigenvalue weighted by Gasteiger charge is -2.33. The molecule has 0 aliphatic carbocycles. The first-order valence-electron chi connectivity index (χ1n) is 15.6. The van der Waals surface area contributed by atoms with Gasteiger partial charge in [0.2, 0.25) is 0 Å². The first kappa shape index (κ1) is 36.1. The number of sulfonamides is 1. The van der Waals surface area contributed by atoms with Gasteiger partial charge >= 0.3 is 6.09 Å². The van der Waals surface area contributed by atoms with Gasteiger partial charge in [0.05, 0.1) is 17.3 Å². The van der Waals surface area contributed by atoms with E-state index in [9.17, 15) is 18.0 Å². The van der Waals surface area contributed by atoms with Crippen molar-refractivity contribution in [1.29, 1.82) is 0 Å². The smallest absolute Gasteiger partial charge is 0.410 e. The van der Waals surface area contributed by atoms with E-state index in [1.807, 2.05) is 73.6 Å². The molecule has 1 saturated heterocycles. The van der Waals surface area contributed by atoms with Crippen molar-refractivity contribution in [3.8, 4) is 0 Å². The Morgan fingerprint density at radius 3 is 2.38 bits per heavy atom. The Kier molecular flexibility index (Phi) is 10.6. The fraction of sp³-hybridized carbons (Fsp3) is 0.500. The van der Waals surface area contributed by atoms with E-state index >= 15 is 0 Å². The van der Waals surface area contributed by atoms with Crippen LogP contribution in [0.15, 0.2) is 59.8 Å². The van der Waals surface area contributed by atoms with E-state index in [4.69, 9.17) is 16.3 Å². The van der Waals surface area contributed by atoms with Gasteiger partial charge < -0.3 is 15.0 Å². The number of carbonyl (C=O) groups is 2. The monoisotopic (exact) mass is 684 g/mol. The third-order valence-corrected chi connectivity index (χ3v) is 9.41.